The van der Waals surface area contributed by atoms with Gasteiger partial charge in [0, 0.05) is 11.6 Å². The fraction of sp³-hybridized carbons (Fsp3) is 0.133. The zero-order valence-electron chi connectivity index (χ0n) is 10.5. The predicted molar refractivity (Wildman–Crippen MR) is 84.1 cm³/mol. The van der Waals surface area contributed by atoms with Gasteiger partial charge in [0.1, 0.15) is 11.6 Å². The summed E-state index contributed by atoms with van der Waals surface area (Å²) >= 11 is 7.67. The molecule has 1 N–H and O–H groups in total. The Labute approximate surface area is 125 Å². The Morgan fingerprint density at radius 1 is 1.25 bits per heavy atom. The highest BCUT2D eigenvalue weighted by molar-refractivity contribution is 7.21. The Kier molecular flexibility index (Phi) is 2.79. The molecule has 1 aromatic heterocycles. The lowest BCUT2D eigenvalue weighted by molar-refractivity contribution is 0.324. The number of fused-ring (bicyclic) bond motifs is 2. The Hall–Kier alpha value is -1.78. The lowest BCUT2D eigenvalue weighted by Crippen LogP contribution is -2.18. The SMILES string of the molecule is Clc1ccc2sc(-c3cccc4c3OCCN4)nc2c1. The molecule has 0 saturated heterocycles. The number of nitrogens with zero attached hydrogens (tertiary/aromatic N) is 1. The summed E-state index contributed by atoms with van der Waals surface area (Å²) in [5, 5.41) is 5.02. The monoisotopic (exact) mass is 302 g/mol. The molecular weight excluding hydrogens is 292 g/mol. The van der Waals surface area contributed by atoms with Crippen molar-refractivity contribution in [2.75, 3.05) is 18.5 Å². The smallest absolute Gasteiger partial charge is 0.152 e. The summed E-state index contributed by atoms with van der Waals surface area (Å²) in [5.74, 6) is 0.893. The fourth-order valence-corrected chi connectivity index (χ4v) is 3.49. The van der Waals surface area contributed by atoms with E-state index in [2.05, 4.69) is 10.3 Å². The van der Waals surface area contributed by atoms with Crippen molar-refractivity contribution in [2.24, 2.45) is 0 Å². The number of para-hydroxylation sites is 1. The Balaban J connectivity index is 1.90. The quantitative estimate of drug-likeness (QED) is 0.722. The maximum atomic E-state index is 6.02. The number of halogens is 1. The van der Waals surface area contributed by atoms with E-state index in [4.69, 9.17) is 16.3 Å². The van der Waals surface area contributed by atoms with Crippen LogP contribution in [0.2, 0.25) is 5.02 Å². The van der Waals surface area contributed by atoms with Crippen molar-refractivity contribution < 1.29 is 4.74 Å². The Morgan fingerprint density at radius 2 is 2.20 bits per heavy atom. The number of nitrogens with one attached hydrogen (secondary N) is 1. The van der Waals surface area contributed by atoms with Crippen LogP contribution in [-0.2, 0) is 0 Å². The van der Waals surface area contributed by atoms with E-state index in [0.717, 1.165) is 38.8 Å². The maximum absolute atomic E-state index is 6.02. The largest absolute Gasteiger partial charge is 0.489 e. The number of thiazole rings is 1. The third kappa shape index (κ3) is 1.92. The summed E-state index contributed by atoms with van der Waals surface area (Å²) in [6.07, 6.45) is 0. The molecule has 0 radical (unpaired) electrons. The van der Waals surface area contributed by atoms with Crippen LogP contribution in [-0.4, -0.2) is 18.1 Å². The zero-order chi connectivity index (χ0) is 13.5. The van der Waals surface area contributed by atoms with Crippen molar-refractivity contribution in [1.82, 2.24) is 4.98 Å². The first-order valence-electron chi connectivity index (χ1n) is 6.37. The highest BCUT2D eigenvalue weighted by Gasteiger charge is 2.17. The summed E-state index contributed by atoms with van der Waals surface area (Å²) in [7, 11) is 0. The first-order chi connectivity index (χ1) is 9.81. The Morgan fingerprint density at radius 3 is 3.15 bits per heavy atom. The third-order valence-electron chi connectivity index (χ3n) is 3.26. The molecule has 5 heteroatoms. The maximum Gasteiger partial charge on any atom is 0.152 e. The molecule has 1 aliphatic heterocycles. The lowest BCUT2D eigenvalue weighted by atomic mass is 10.1. The number of benzene rings is 2. The van der Waals surface area contributed by atoms with Gasteiger partial charge in [-0.25, -0.2) is 4.98 Å². The van der Waals surface area contributed by atoms with Crippen molar-refractivity contribution >= 4 is 38.8 Å². The second-order valence-corrected chi connectivity index (χ2v) is 6.06. The molecule has 2 aromatic carbocycles. The van der Waals surface area contributed by atoms with Crippen LogP contribution in [0.4, 0.5) is 5.69 Å². The van der Waals surface area contributed by atoms with Crippen LogP contribution in [0.5, 0.6) is 5.75 Å². The van der Waals surface area contributed by atoms with Gasteiger partial charge in [0.2, 0.25) is 0 Å². The van der Waals surface area contributed by atoms with E-state index in [9.17, 15) is 0 Å². The third-order valence-corrected chi connectivity index (χ3v) is 4.56. The predicted octanol–water partition coefficient (Wildman–Crippen LogP) is 4.42. The normalized spacial score (nSPS) is 13.7. The number of ether oxygens (including phenoxy) is 1. The molecule has 0 aliphatic carbocycles. The molecule has 0 atom stereocenters. The number of hydrogen-bond donors (Lipinski definition) is 1. The van der Waals surface area contributed by atoms with Crippen LogP contribution in [0.1, 0.15) is 0 Å². The summed E-state index contributed by atoms with van der Waals surface area (Å²) in [4.78, 5) is 4.68. The minimum atomic E-state index is 0.681. The number of hydrogen-bond acceptors (Lipinski definition) is 4. The van der Waals surface area contributed by atoms with E-state index >= 15 is 0 Å². The van der Waals surface area contributed by atoms with Crippen LogP contribution in [0.3, 0.4) is 0 Å². The van der Waals surface area contributed by atoms with Gasteiger partial charge in [-0.1, -0.05) is 17.7 Å². The number of anilines is 1. The van der Waals surface area contributed by atoms with E-state index in [1.807, 2.05) is 36.4 Å². The fourth-order valence-electron chi connectivity index (χ4n) is 2.35. The van der Waals surface area contributed by atoms with Crippen LogP contribution >= 0.6 is 22.9 Å². The van der Waals surface area contributed by atoms with Gasteiger partial charge in [0.05, 0.1) is 21.5 Å². The highest BCUT2D eigenvalue weighted by atomic mass is 35.5. The van der Waals surface area contributed by atoms with Gasteiger partial charge >= 0.3 is 0 Å². The van der Waals surface area contributed by atoms with E-state index < -0.39 is 0 Å². The average Bonchev–Trinajstić information content (AvgIpc) is 2.89. The molecule has 2 heterocycles. The molecular formula is C15H11ClN2OS. The van der Waals surface area contributed by atoms with E-state index in [0.29, 0.717) is 11.6 Å². The van der Waals surface area contributed by atoms with Crippen LogP contribution in [0.15, 0.2) is 36.4 Å². The van der Waals surface area contributed by atoms with Gasteiger partial charge in [-0.2, -0.15) is 0 Å². The average molecular weight is 303 g/mol. The van der Waals surface area contributed by atoms with Gasteiger partial charge in [0.15, 0.2) is 5.75 Å². The first kappa shape index (κ1) is 12.0. The molecule has 0 amide bonds. The van der Waals surface area contributed by atoms with Crippen molar-refractivity contribution in [2.45, 2.75) is 0 Å². The van der Waals surface area contributed by atoms with Crippen LogP contribution < -0.4 is 10.1 Å². The van der Waals surface area contributed by atoms with Crippen LogP contribution in [0.25, 0.3) is 20.8 Å². The van der Waals surface area contributed by atoms with Crippen molar-refractivity contribution in [3.8, 4) is 16.3 Å². The summed E-state index contributed by atoms with van der Waals surface area (Å²) < 4.78 is 6.94. The molecule has 0 unspecified atom stereocenters. The molecule has 4 rings (SSSR count). The Bertz CT molecular complexity index is 800. The molecule has 3 aromatic rings. The van der Waals surface area contributed by atoms with E-state index in [-0.39, 0.29) is 0 Å². The number of aromatic nitrogens is 1. The standard InChI is InChI=1S/C15H11ClN2OS/c16-9-4-5-13-12(8-9)18-15(20-13)10-2-1-3-11-14(10)19-7-6-17-11/h1-5,8,17H,6-7H2. The minimum Gasteiger partial charge on any atom is -0.489 e. The zero-order valence-corrected chi connectivity index (χ0v) is 12.1. The van der Waals surface area contributed by atoms with Gasteiger partial charge in [0.25, 0.3) is 0 Å². The molecule has 0 bridgehead atoms. The number of rotatable bonds is 1. The lowest BCUT2D eigenvalue weighted by Gasteiger charge is -2.20. The molecule has 0 saturated carbocycles. The van der Waals surface area contributed by atoms with E-state index in [1.165, 1.54) is 0 Å². The van der Waals surface area contributed by atoms with Gasteiger partial charge < -0.3 is 10.1 Å². The molecule has 1 aliphatic rings. The van der Waals surface area contributed by atoms with Gasteiger partial charge in [-0.3, -0.25) is 0 Å². The molecule has 20 heavy (non-hydrogen) atoms. The molecule has 100 valence electrons. The minimum absolute atomic E-state index is 0.681. The first-order valence-corrected chi connectivity index (χ1v) is 7.57. The van der Waals surface area contributed by atoms with Crippen LogP contribution in [0, 0.1) is 0 Å². The molecule has 3 nitrogen and oxygen atoms in total. The van der Waals surface area contributed by atoms with E-state index in [1.54, 1.807) is 11.3 Å². The van der Waals surface area contributed by atoms with Gasteiger partial charge in [-0.15, -0.1) is 11.3 Å². The second kappa shape index (κ2) is 4.65. The van der Waals surface area contributed by atoms with Crippen molar-refractivity contribution in [3.05, 3.63) is 41.4 Å². The summed E-state index contributed by atoms with van der Waals surface area (Å²) in [6.45, 7) is 1.52. The topological polar surface area (TPSA) is 34.1 Å². The molecule has 0 spiro atoms. The summed E-state index contributed by atoms with van der Waals surface area (Å²) in [5.41, 5.74) is 3.00. The van der Waals surface area contributed by atoms with Crippen molar-refractivity contribution in [3.63, 3.8) is 0 Å². The second-order valence-electron chi connectivity index (χ2n) is 4.59. The van der Waals surface area contributed by atoms with Gasteiger partial charge in [-0.05, 0) is 30.3 Å². The molecule has 0 fully saturated rings. The summed E-state index contributed by atoms with van der Waals surface area (Å²) in [6, 6.07) is 11.9. The van der Waals surface area contributed by atoms with Crippen molar-refractivity contribution in [1.29, 1.82) is 0 Å². The highest BCUT2D eigenvalue weighted by Crippen LogP contribution is 2.41.